The summed E-state index contributed by atoms with van der Waals surface area (Å²) < 4.78 is 23.4. The highest BCUT2D eigenvalue weighted by molar-refractivity contribution is 14.1. The first kappa shape index (κ1) is 13.8. The molecule has 1 aromatic carbocycles. The zero-order chi connectivity index (χ0) is 12.3. The molecule has 0 bridgehead atoms. The van der Waals surface area contributed by atoms with E-state index in [1.54, 1.807) is 0 Å². The Morgan fingerprint density at radius 3 is 2.56 bits per heavy atom. The van der Waals surface area contributed by atoms with Gasteiger partial charge in [0.15, 0.2) is 0 Å². The van der Waals surface area contributed by atoms with Crippen LogP contribution >= 0.6 is 22.6 Å². The van der Waals surface area contributed by atoms with Crippen LogP contribution in [0.5, 0.6) is 0 Å². The quantitative estimate of drug-likeness (QED) is 0.846. The molecule has 90 valence electrons. The van der Waals surface area contributed by atoms with E-state index in [9.17, 15) is 8.42 Å². The van der Waals surface area contributed by atoms with Gasteiger partial charge in [-0.2, -0.15) is 0 Å². The summed E-state index contributed by atoms with van der Waals surface area (Å²) in [5.74, 6) is 0.150. The molecule has 0 saturated heterocycles. The summed E-state index contributed by atoms with van der Waals surface area (Å²) in [6.07, 6.45) is 1.25. The van der Waals surface area contributed by atoms with Gasteiger partial charge in [0.25, 0.3) is 0 Å². The van der Waals surface area contributed by atoms with Crippen molar-refractivity contribution in [1.82, 2.24) is 0 Å². The van der Waals surface area contributed by atoms with Crippen molar-refractivity contribution in [2.24, 2.45) is 0 Å². The molecule has 0 aliphatic carbocycles. The number of halogens is 1. The van der Waals surface area contributed by atoms with E-state index in [1.165, 1.54) is 15.4 Å². The van der Waals surface area contributed by atoms with Gasteiger partial charge in [-0.15, -0.1) is 0 Å². The number of anilines is 1. The SMILES string of the molecule is Cc1ccc(NC(C)CS(C)(=O)=O)cc1I. The van der Waals surface area contributed by atoms with Crippen LogP contribution in [0.3, 0.4) is 0 Å². The molecule has 1 unspecified atom stereocenters. The fourth-order valence-electron chi connectivity index (χ4n) is 1.46. The van der Waals surface area contributed by atoms with Crippen LogP contribution < -0.4 is 5.32 Å². The van der Waals surface area contributed by atoms with Gasteiger partial charge in [-0.3, -0.25) is 0 Å². The number of benzene rings is 1. The molecule has 0 aliphatic heterocycles. The Kier molecular flexibility index (Phi) is 4.61. The molecule has 3 nitrogen and oxygen atoms in total. The average molecular weight is 353 g/mol. The van der Waals surface area contributed by atoms with Crippen LogP contribution in [-0.4, -0.2) is 26.5 Å². The number of nitrogens with one attached hydrogen (secondary N) is 1. The van der Waals surface area contributed by atoms with E-state index in [2.05, 4.69) is 27.9 Å². The molecule has 1 atom stereocenters. The fourth-order valence-corrected chi connectivity index (χ4v) is 2.97. The van der Waals surface area contributed by atoms with E-state index in [1.807, 2.05) is 32.0 Å². The maximum Gasteiger partial charge on any atom is 0.149 e. The van der Waals surface area contributed by atoms with Crippen molar-refractivity contribution < 1.29 is 8.42 Å². The summed E-state index contributed by atoms with van der Waals surface area (Å²) in [7, 11) is -2.93. The molecular weight excluding hydrogens is 337 g/mol. The molecule has 5 heteroatoms. The Bertz CT molecular complexity index is 471. The van der Waals surface area contributed by atoms with Crippen LogP contribution in [-0.2, 0) is 9.84 Å². The Hall–Kier alpha value is -0.300. The molecule has 0 aliphatic rings. The van der Waals surface area contributed by atoms with Gasteiger partial charge in [-0.25, -0.2) is 8.42 Å². The molecule has 1 aromatic rings. The van der Waals surface area contributed by atoms with Crippen molar-refractivity contribution in [2.45, 2.75) is 19.9 Å². The molecule has 1 rings (SSSR count). The Morgan fingerprint density at radius 2 is 2.06 bits per heavy atom. The van der Waals surface area contributed by atoms with Gasteiger partial charge in [-0.1, -0.05) is 6.07 Å². The summed E-state index contributed by atoms with van der Waals surface area (Å²) >= 11 is 2.27. The summed E-state index contributed by atoms with van der Waals surface area (Å²) in [5.41, 5.74) is 2.19. The first-order valence-corrected chi connectivity index (χ1v) is 8.12. The number of rotatable bonds is 4. The highest BCUT2D eigenvalue weighted by Crippen LogP contribution is 2.17. The number of sulfone groups is 1. The van der Waals surface area contributed by atoms with Crippen LogP contribution in [0.15, 0.2) is 18.2 Å². The van der Waals surface area contributed by atoms with E-state index < -0.39 is 9.84 Å². The molecule has 0 spiro atoms. The third-order valence-electron chi connectivity index (χ3n) is 2.14. The van der Waals surface area contributed by atoms with E-state index >= 15 is 0 Å². The van der Waals surface area contributed by atoms with Gasteiger partial charge >= 0.3 is 0 Å². The van der Waals surface area contributed by atoms with E-state index in [0.29, 0.717) is 0 Å². The molecule has 0 heterocycles. The molecule has 1 N–H and O–H groups in total. The lowest BCUT2D eigenvalue weighted by atomic mass is 10.2. The second-order valence-corrected chi connectivity index (χ2v) is 7.45. The fraction of sp³-hybridized carbons (Fsp3) is 0.455. The third-order valence-corrected chi connectivity index (χ3v) is 4.41. The highest BCUT2D eigenvalue weighted by atomic mass is 127. The highest BCUT2D eigenvalue weighted by Gasteiger charge is 2.10. The van der Waals surface area contributed by atoms with Crippen LogP contribution in [0, 0.1) is 10.5 Å². The van der Waals surface area contributed by atoms with Crippen molar-refractivity contribution in [3.05, 3.63) is 27.3 Å². The first-order chi connectivity index (χ1) is 7.28. The maximum absolute atomic E-state index is 11.1. The summed E-state index contributed by atoms with van der Waals surface area (Å²) in [4.78, 5) is 0. The largest absolute Gasteiger partial charge is 0.382 e. The lowest BCUT2D eigenvalue weighted by Gasteiger charge is -2.14. The molecule has 0 fully saturated rings. The van der Waals surface area contributed by atoms with E-state index in [4.69, 9.17) is 0 Å². The second kappa shape index (κ2) is 5.35. The van der Waals surface area contributed by atoms with Gasteiger partial charge in [0.2, 0.25) is 0 Å². The van der Waals surface area contributed by atoms with Gasteiger partial charge in [0.1, 0.15) is 9.84 Å². The normalized spacial score (nSPS) is 13.5. The van der Waals surface area contributed by atoms with Gasteiger partial charge in [0, 0.05) is 21.6 Å². The van der Waals surface area contributed by atoms with Gasteiger partial charge in [-0.05, 0) is 54.1 Å². The van der Waals surface area contributed by atoms with Crippen molar-refractivity contribution >= 4 is 38.1 Å². The average Bonchev–Trinajstić information content (AvgIpc) is 2.08. The standard InChI is InChI=1S/C11H16INO2S/c1-8-4-5-10(6-11(8)12)13-9(2)7-16(3,14)15/h4-6,9,13H,7H2,1-3H3. The molecule has 16 heavy (non-hydrogen) atoms. The number of hydrogen-bond donors (Lipinski definition) is 1. The van der Waals surface area contributed by atoms with Crippen molar-refractivity contribution in [2.75, 3.05) is 17.3 Å². The van der Waals surface area contributed by atoms with Crippen molar-refractivity contribution in [3.63, 3.8) is 0 Å². The maximum atomic E-state index is 11.1. The lowest BCUT2D eigenvalue weighted by Crippen LogP contribution is -2.25. The third kappa shape index (κ3) is 4.69. The molecular formula is C11H16INO2S. The summed E-state index contributed by atoms with van der Waals surface area (Å²) in [5, 5.41) is 3.18. The smallest absolute Gasteiger partial charge is 0.149 e. The zero-order valence-electron chi connectivity index (χ0n) is 9.62. The van der Waals surface area contributed by atoms with E-state index in [0.717, 1.165) is 5.69 Å². The van der Waals surface area contributed by atoms with Gasteiger partial charge < -0.3 is 5.32 Å². The Morgan fingerprint density at radius 1 is 1.44 bits per heavy atom. The van der Waals surface area contributed by atoms with Crippen LogP contribution in [0.1, 0.15) is 12.5 Å². The number of hydrogen-bond acceptors (Lipinski definition) is 3. The summed E-state index contributed by atoms with van der Waals surface area (Å²) in [6.45, 7) is 3.92. The molecule has 0 radical (unpaired) electrons. The minimum absolute atomic E-state index is 0.0755. The monoisotopic (exact) mass is 353 g/mol. The minimum Gasteiger partial charge on any atom is -0.382 e. The minimum atomic E-state index is -2.93. The Labute approximate surface area is 111 Å². The predicted molar refractivity (Wildman–Crippen MR) is 76.7 cm³/mol. The van der Waals surface area contributed by atoms with Crippen LogP contribution in [0.4, 0.5) is 5.69 Å². The molecule has 0 saturated carbocycles. The van der Waals surface area contributed by atoms with E-state index in [-0.39, 0.29) is 11.8 Å². The van der Waals surface area contributed by atoms with Crippen LogP contribution in [0.2, 0.25) is 0 Å². The molecule has 0 aromatic heterocycles. The first-order valence-electron chi connectivity index (χ1n) is 4.98. The Balaban J connectivity index is 2.70. The molecule has 0 amide bonds. The van der Waals surface area contributed by atoms with Crippen molar-refractivity contribution in [3.8, 4) is 0 Å². The zero-order valence-corrected chi connectivity index (χ0v) is 12.6. The van der Waals surface area contributed by atoms with Crippen LogP contribution in [0.25, 0.3) is 0 Å². The topological polar surface area (TPSA) is 46.2 Å². The van der Waals surface area contributed by atoms with Gasteiger partial charge in [0.05, 0.1) is 5.75 Å². The second-order valence-electron chi connectivity index (χ2n) is 4.10. The lowest BCUT2D eigenvalue weighted by molar-refractivity contribution is 0.598. The van der Waals surface area contributed by atoms with Crippen molar-refractivity contribution in [1.29, 1.82) is 0 Å². The predicted octanol–water partition coefficient (Wildman–Crippen LogP) is 2.44. The number of aryl methyl sites for hydroxylation is 1. The summed E-state index contributed by atoms with van der Waals surface area (Å²) in [6, 6.07) is 5.94.